The second-order valence-electron chi connectivity index (χ2n) is 23.1. The lowest BCUT2D eigenvalue weighted by atomic mass is 9.87. The summed E-state index contributed by atoms with van der Waals surface area (Å²) in [5, 5.41) is 17.5. The first-order valence-electron chi connectivity index (χ1n) is 28.6. The minimum absolute atomic E-state index is 0.00983. The first-order chi connectivity index (χ1) is 37.8. The highest BCUT2D eigenvalue weighted by molar-refractivity contribution is 5.97. The molecule has 4 aromatic rings. The number of unbranched alkanes of at least 4 members (excludes halogenated alkanes) is 1. The van der Waals surface area contributed by atoms with E-state index in [4.69, 9.17) is 14.2 Å². The Morgan fingerprint density at radius 2 is 1.42 bits per heavy atom. The summed E-state index contributed by atoms with van der Waals surface area (Å²) < 4.78 is 19.7. The molecule has 2 fully saturated rings. The number of ketones is 3. The quantitative estimate of drug-likeness (QED) is 0.0176. The lowest BCUT2D eigenvalue weighted by Gasteiger charge is -2.41. The van der Waals surface area contributed by atoms with Gasteiger partial charge in [-0.25, -0.2) is 0 Å². The molecule has 3 amide bonds. The van der Waals surface area contributed by atoms with Gasteiger partial charge in [-0.1, -0.05) is 100 Å². The van der Waals surface area contributed by atoms with Crippen LogP contribution in [0.5, 0.6) is 11.5 Å². The van der Waals surface area contributed by atoms with Crippen LogP contribution >= 0.6 is 0 Å². The van der Waals surface area contributed by atoms with Crippen LogP contribution < -0.4 is 25.4 Å². The number of rotatable bonds is 34. The van der Waals surface area contributed by atoms with Crippen molar-refractivity contribution in [2.75, 3.05) is 39.4 Å². The van der Waals surface area contributed by atoms with Gasteiger partial charge in [0, 0.05) is 62.1 Å². The van der Waals surface area contributed by atoms with E-state index < -0.39 is 35.3 Å². The number of ether oxygens (including phenoxy) is 3. The second-order valence-corrected chi connectivity index (χ2v) is 23.1. The van der Waals surface area contributed by atoms with Crippen molar-refractivity contribution in [2.24, 2.45) is 29.1 Å². The van der Waals surface area contributed by atoms with Gasteiger partial charge < -0.3 is 34.6 Å². The van der Waals surface area contributed by atoms with Gasteiger partial charge in [0.15, 0.2) is 28.8 Å². The molecule has 0 bridgehead atoms. The molecule has 79 heavy (non-hydrogen) atoms. The van der Waals surface area contributed by atoms with E-state index in [2.05, 4.69) is 26.3 Å². The van der Waals surface area contributed by atoms with Crippen molar-refractivity contribution < 1.29 is 52.3 Å². The first kappa shape index (κ1) is 61.6. The number of esters is 1. The monoisotopic (exact) mass is 1090 g/mol. The Balaban J connectivity index is 1.17. The molecule has 2 aliphatic rings. The van der Waals surface area contributed by atoms with Crippen LogP contribution in [0, 0.1) is 29.1 Å². The Morgan fingerprint density at radius 1 is 0.772 bits per heavy atom. The largest absolute Gasteiger partial charge is 0.483 e. The van der Waals surface area contributed by atoms with Crippen molar-refractivity contribution in [2.45, 2.75) is 157 Å². The van der Waals surface area contributed by atoms with Gasteiger partial charge >= 0.3 is 5.97 Å². The van der Waals surface area contributed by atoms with Crippen LogP contribution in [0.15, 0.2) is 85.1 Å². The zero-order valence-corrected chi connectivity index (χ0v) is 47.8. The third kappa shape index (κ3) is 20.2. The van der Waals surface area contributed by atoms with Crippen LogP contribution in [0.2, 0.25) is 0 Å². The maximum absolute atomic E-state index is 14.8. The fourth-order valence-electron chi connectivity index (χ4n) is 10.4. The SMILES string of the molecule is CCNC(=O)CCCCn1cc(COc2cc(C[N+]3(CC(=O)C[C@@H](CCc4ccccc4)C(=O)NC(CC(C)C)C(=O)C[C@@H](Cc4ccccc4)C(=O)NC(CC(C)C)C(=O)C4(C)CC4)CCOCC3)ccc2OC(C)=O)nn1. The van der Waals surface area contributed by atoms with Gasteiger partial charge in [-0.15, -0.1) is 5.10 Å². The van der Waals surface area contributed by atoms with Gasteiger partial charge in [-0.3, -0.25) is 38.2 Å². The number of Topliss-reactive ketones (excluding diaryl/α,β-unsaturated/α-hetero) is 3. The summed E-state index contributed by atoms with van der Waals surface area (Å²) in [7, 11) is 0. The van der Waals surface area contributed by atoms with Crippen molar-refractivity contribution in [1.29, 1.82) is 0 Å². The minimum Gasteiger partial charge on any atom is -0.483 e. The van der Waals surface area contributed by atoms with Crippen LogP contribution in [-0.4, -0.2) is 112 Å². The molecule has 2 heterocycles. The van der Waals surface area contributed by atoms with Crippen molar-refractivity contribution in [3.63, 3.8) is 0 Å². The third-order valence-electron chi connectivity index (χ3n) is 15.0. The van der Waals surface area contributed by atoms with Crippen LogP contribution in [0.4, 0.5) is 0 Å². The van der Waals surface area contributed by atoms with E-state index in [1.54, 1.807) is 16.9 Å². The first-order valence-corrected chi connectivity index (χ1v) is 28.6. The maximum Gasteiger partial charge on any atom is 0.308 e. The van der Waals surface area contributed by atoms with E-state index >= 15 is 0 Å². The summed E-state index contributed by atoms with van der Waals surface area (Å²) in [5.74, 6) is -2.42. The summed E-state index contributed by atoms with van der Waals surface area (Å²) >= 11 is 0. The van der Waals surface area contributed by atoms with Gasteiger partial charge in [-0.2, -0.15) is 0 Å². The summed E-state index contributed by atoms with van der Waals surface area (Å²) in [6.45, 7) is 16.9. The van der Waals surface area contributed by atoms with Gasteiger partial charge in [0.2, 0.25) is 17.7 Å². The van der Waals surface area contributed by atoms with Crippen LogP contribution in [0.3, 0.4) is 0 Å². The molecule has 17 heteroatoms. The number of nitrogens with one attached hydrogen (secondary N) is 3. The van der Waals surface area contributed by atoms with Crippen molar-refractivity contribution in [3.8, 4) is 11.5 Å². The third-order valence-corrected chi connectivity index (χ3v) is 15.0. The number of hydrogen-bond acceptors (Lipinski definition) is 12. The average Bonchev–Trinajstić information content (AvgIpc) is 4.11. The number of benzene rings is 3. The number of nitrogens with zero attached hydrogens (tertiary/aromatic N) is 4. The van der Waals surface area contributed by atoms with Gasteiger partial charge in [0.1, 0.15) is 38.5 Å². The molecule has 1 aromatic heterocycles. The number of carbonyl (C=O) groups excluding carboxylic acids is 7. The molecular formula is C62H86N7O10+. The number of carbonyl (C=O) groups is 7. The van der Waals surface area contributed by atoms with E-state index in [1.807, 2.05) is 114 Å². The standard InChI is InChI=1S/C62H85N7O10/c1-8-63-58(73)21-15-16-28-68-39-51(66-67-68)42-78-57-36-48(23-25-56(57)79-45(6)70)40-69(29-31-77-32-30-69)41-52(71)37-49(24-22-46-17-11-9-12-18-46)60(75)64-53(33-43(2)3)55(72)38-50(35-47-19-13-10-14-20-47)61(76)65-54(34-44(4)5)59(74)62(7)26-27-62/h9-14,17-20,23,25,36,39,43-44,49-50,53-54H,8,15-16,21-22,24,26-35,37-38,40-42H2,1-7H3,(H2-,63,64,65,73,75,76)/p+1/t49-,50-,53?,54?/m1/s1. The van der Waals surface area contributed by atoms with Gasteiger partial charge in [0.05, 0.1) is 31.5 Å². The van der Waals surface area contributed by atoms with Crippen molar-refractivity contribution in [3.05, 3.63) is 107 Å². The van der Waals surface area contributed by atoms with Crippen molar-refractivity contribution in [1.82, 2.24) is 30.9 Å². The smallest absolute Gasteiger partial charge is 0.308 e. The number of hydrogen-bond donors (Lipinski definition) is 3. The Kier molecular flexibility index (Phi) is 23.5. The molecule has 428 valence electrons. The molecular weight excluding hydrogens is 1000 g/mol. The van der Waals surface area contributed by atoms with E-state index in [9.17, 15) is 33.6 Å². The Morgan fingerprint density at radius 3 is 2.06 bits per heavy atom. The molecule has 3 aromatic carbocycles. The molecule has 0 spiro atoms. The molecule has 1 saturated heterocycles. The molecule has 0 radical (unpaired) electrons. The number of quaternary nitrogens is 1. The van der Waals surface area contributed by atoms with Crippen molar-refractivity contribution >= 4 is 41.0 Å². The molecule has 4 atom stereocenters. The lowest BCUT2D eigenvalue weighted by Crippen LogP contribution is -2.57. The van der Waals surface area contributed by atoms with E-state index in [0.717, 1.165) is 36.0 Å². The highest BCUT2D eigenvalue weighted by atomic mass is 16.6. The summed E-state index contributed by atoms with van der Waals surface area (Å²) in [5.41, 5.74) is 2.85. The summed E-state index contributed by atoms with van der Waals surface area (Å²) in [6, 6.07) is 23.1. The lowest BCUT2D eigenvalue weighted by molar-refractivity contribution is -0.940. The zero-order chi connectivity index (χ0) is 57.0. The maximum atomic E-state index is 14.8. The highest BCUT2D eigenvalue weighted by Gasteiger charge is 2.48. The number of aryl methyl sites for hydroxylation is 2. The number of morpholine rings is 1. The van der Waals surface area contributed by atoms with Crippen LogP contribution in [0.25, 0.3) is 0 Å². The van der Waals surface area contributed by atoms with Crippen LogP contribution in [-0.2, 0) is 70.8 Å². The molecule has 1 aliphatic heterocycles. The number of amides is 3. The molecule has 3 N–H and O–H groups in total. The normalized spacial score (nSPS) is 16.0. The summed E-state index contributed by atoms with van der Waals surface area (Å²) in [4.78, 5) is 96.3. The Bertz CT molecular complexity index is 2640. The fourth-order valence-corrected chi connectivity index (χ4v) is 10.4. The Hall–Kier alpha value is -6.59. The molecule has 6 rings (SSSR count). The molecule has 2 unspecified atom stereocenters. The summed E-state index contributed by atoms with van der Waals surface area (Å²) in [6.07, 6.45) is 7.06. The minimum atomic E-state index is -0.918. The predicted octanol–water partition coefficient (Wildman–Crippen LogP) is 7.89. The van der Waals surface area contributed by atoms with Gasteiger partial charge in [-0.05, 0) is 106 Å². The number of aromatic nitrogens is 3. The molecule has 1 saturated carbocycles. The molecule has 17 nitrogen and oxygen atoms in total. The van der Waals surface area contributed by atoms with Gasteiger partial charge in [0.25, 0.3) is 0 Å². The van der Waals surface area contributed by atoms with E-state index in [1.165, 1.54) is 6.92 Å². The molecule has 1 aliphatic carbocycles. The highest BCUT2D eigenvalue weighted by Crippen LogP contribution is 2.47. The fraction of sp³-hybridized carbons (Fsp3) is 0.565. The van der Waals surface area contributed by atoms with E-state index in [-0.39, 0.29) is 85.1 Å². The van der Waals surface area contributed by atoms with Crippen LogP contribution in [0.1, 0.15) is 135 Å². The predicted molar refractivity (Wildman–Crippen MR) is 300 cm³/mol. The van der Waals surface area contributed by atoms with E-state index in [0.29, 0.717) is 100 Å². The average molecular weight is 1090 g/mol. The topological polar surface area (TPSA) is 214 Å². The Labute approximate surface area is 467 Å². The second kappa shape index (κ2) is 30.1. The zero-order valence-electron chi connectivity index (χ0n) is 47.8.